The third-order valence-corrected chi connectivity index (χ3v) is 4.64. The Balaban J connectivity index is 1.42. The van der Waals surface area contributed by atoms with Crippen LogP contribution in [0.3, 0.4) is 0 Å². The van der Waals surface area contributed by atoms with Gasteiger partial charge >= 0.3 is 11.8 Å². The quantitative estimate of drug-likeness (QED) is 0.421. The Morgan fingerprint density at radius 3 is 2.36 bits per heavy atom. The molecule has 1 heterocycles. The van der Waals surface area contributed by atoms with Crippen molar-refractivity contribution in [1.82, 2.24) is 20.8 Å². The number of carbonyl (C=O) groups excluding carboxylic acids is 2. The summed E-state index contributed by atoms with van der Waals surface area (Å²) < 4.78 is 5.04. The van der Waals surface area contributed by atoms with Crippen molar-refractivity contribution in [2.75, 3.05) is 13.1 Å². The molecular weight excluding hydrogens is 366 g/mol. The maximum atomic E-state index is 12.1. The van der Waals surface area contributed by atoms with E-state index in [1.165, 1.54) is 30.7 Å². The van der Waals surface area contributed by atoms with Gasteiger partial charge in [-0.05, 0) is 25.0 Å². The highest BCUT2D eigenvalue weighted by molar-refractivity contribution is 5.94. The van der Waals surface area contributed by atoms with Gasteiger partial charge in [0.15, 0.2) is 5.82 Å². The van der Waals surface area contributed by atoms with E-state index < -0.39 is 10.8 Å². The van der Waals surface area contributed by atoms with E-state index in [1.807, 2.05) is 0 Å². The summed E-state index contributed by atoms with van der Waals surface area (Å²) >= 11 is 0. The van der Waals surface area contributed by atoms with Crippen LogP contribution in [0.15, 0.2) is 28.8 Å². The molecule has 10 nitrogen and oxygen atoms in total. The minimum absolute atomic E-state index is 0.0812. The molecule has 2 aromatic rings. The molecule has 2 N–H and O–H groups in total. The Hall–Kier alpha value is -3.30. The van der Waals surface area contributed by atoms with Crippen molar-refractivity contribution < 1.29 is 19.0 Å². The van der Waals surface area contributed by atoms with Crippen LogP contribution >= 0.6 is 0 Å². The molecule has 0 bridgehead atoms. The maximum absolute atomic E-state index is 12.1. The van der Waals surface area contributed by atoms with Gasteiger partial charge in [0.1, 0.15) is 0 Å². The molecule has 1 aliphatic carbocycles. The summed E-state index contributed by atoms with van der Waals surface area (Å²) in [5, 5.41) is 19.8. The topological polar surface area (TPSA) is 140 Å². The molecule has 0 atom stereocenters. The predicted octanol–water partition coefficient (Wildman–Crippen LogP) is 2.19. The van der Waals surface area contributed by atoms with Crippen molar-refractivity contribution in [2.45, 2.75) is 38.0 Å². The number of rotatable bonds is 7. The number of nitrogens with zero attached hydrogens (tertiary/aromatic N) is 3. The predicted molar refractivity (Wildman–Crippen MR) is 97.9 cm³/mol. The van der Waals surface area contributed by atoms with E-state index >= 15 is 0 Å². The molecule has 1 aromatic heterocycles. The van der Waals surface area contributed by atoms with Crippen LogP contribution < -0.4 is 10.6 Å². The summed E-state index contributed by atoms with van der Waals surface area (Å²) in [6, 6.07) is 5.26. The first-order chi connectivity index (χ1) is 13.5. The monoisotopic (exact) mass is 387 g/mol. The SMILES string of the molecule is O=C(NCCNC(=O)c1nc(C2CCCCC2)no1)c1ccc([N+](=O)[O-])cc1. The number of hydrogen-bond donors (Lipinski definition) is 2. The van der Waals surface area contributed by atoms with Gasteiger partial charge in [0.25, 0.3) is 11.6 Å². The number of non-ortho nitro benzene ring substituents is 1. The number of nitro benzene ring substituents is 1. The van der Waals surface area contributed by atoms with E-state index in [1.54, 1.807) is 0 Å². The molecule has 0 aliphatic heterocycles. The number of aromatic nitrogens is 2. The molecule has 2 amide bonds. The van der Waals surface area contributed by atoms with Gasteiger partial charge in [-0.25, -0.2) is 0 Å². The fraction of sp³-hybridized carbons (Fsp3) is 0.444. The normalized spacial score (nSPS) is 14.4. The highest BCUT2D eigenvalue weighted by Gasteiger charge is 2.23. The summed E-state index contributed by atoms with van der Waals surface area (Å²) in [4.78, 5) is 38.3. The molecule has 0 spiro atoms. The number of amides is 2. The molecule has 28 heavy (non-hydrogen) atoms. The third-order valence-electron chi connectivity index (χ3n) is 4.64. The molecule has 3 rings (SSSR count). The first kappa shape index (κ1) is 19.5. The van der Waals surface area contributed by atoms with E-state index in [-0.39, 0.29) is 36.5 Å². The van der Waals surface area contributed by atoms with Crippen molar-refractivity contribution in [3.63, 3.8) is 0 Å². The van der Waals surface area contributed by atoms with Crippen molar-refractivity contribution >= 4 is 17.5 Å². The lowest BCUT2D eigenvalue weighted by molar-refractivity contribution is -0.384. The Kier molecular flexibility index (Phi) is 6.30. The number of hydrogen-bond acceptors (Lipinski definition) is 7. The number of nitrogens with one attached hydrogen (secondary N) is 2. The average Bonchev–Trinajstić information content (AvgIpc) is 3.22. The lowest BCUT2D eigenvalue weighted by Crippen LogP contribution is -2.34. The van der Waals surface area contributed by atoms with E-state index in [9.17, 15) is 19.7 Å². The van der Waals surface area contributed by atoms with E-state index in [4.69, 9.17) is 4.52 Å². The van der Waals surface area contributed by atoms with Crippen LogP contribution in [0.4, 0.5) is 5.69 Å². The first-order valence-corrected chi connectivity index (χ1v) is 9.19. The minimum Gasteiger partial charge on any atom is -0.350 e. The minimum atomic E-state index is -0.533. The van der Waals surface area contributed by atoms with Crippen LogP contribution in [0, 0.1) is 10.1 Å². The van der Waals surface area contributed by atoms with Gasteiger partial charge in [-0.2, -0.15) is 4.98 Å². The molecule has 0 unspecified atom stereocenters. The standard InChI is InChI=1S/C18H21N5O5/c24-16(13-6-8-14(9-7-13)23(26)27)19-10-11-20-17(25)18-21-15(22-28-18)12-4-2-1-3-5-12/h6-9,12H,1-5,10-11H2,(H,19,24)(H,20,25). The summed E-state index contributed by atoms with van der Waals surface area (Å²) in [5.74, 6) is -0.126. The molecule has 1 fully saturated rings. The van der Waals surface area contributed by atoms with E-state index in [2.05, 4.69) is 20.8 Å². The van der Waals surface area contributed by atoms with Gasteiger partial charge in [0, 0.05) is 36.7 Å². The van der Waals surface area contributed by atoms with Crippen LogP contribution in [0.5, 0.6) is 0 Å². The third kappa shape index (κ3) is 4.90. The van der Waals surface area contributed by atoms with Gasteiger partial charge in [0.05, 0.1) is 4.92 Å². The summed E-state index contributed by atoms with van der Waals surface area (Å²) in [5.41, 5.74) is 0.210. The first-order valence-electron chi connectivity index (χ1n) is 9.19. The summed E-state index contributed by atoms with van der Waals surface area (Å²) in [6.07, 6.45) is 5.50. The summed E-state index contributed by atoms with van der Waals surface area (Å²) in [6.45, 7) is 0.365. The number of benzene rings is 1. The van der Waals surface area contributed by atoms with Crippen molar-refractivity contribution in [1.29, 1.82) is 0 Å². The smallest absolute Gasteiger partial charge is 0.315 e. The van der Waals surface area contributed by atoms with Crippen molar-refractivity contribution in [3.8, 4) is 0 Å². The fourth-order valence-electron chi connectivity index (χ4n) is 3.12. The maximum Gasteiger partial charge on any atom is 0.315 e. The van der Waals surface area contributed by atoms with Gasteiger partial charge in [-0.1, -0.05) is 24.4 Å². The van der Waals surface area contributed by atoms with Crippen LogP contribution in [0.2, 0.25) is 0 Å². The zero-order valence-electron chi connectivity index (χ0n) is 15.2. The Morgan fingerprint density at radius 1 is 1.07 bits per heavy atom. The second kappa shape index (κ2) is 9.07. The van der Waals surface area contributed by atoms with Crippen molar-refractivity contribution in [2.24, 2.45) is 0 Å². The van der Waals surface area contributed by atoms with Crippen LogP contribution in [0.1, 0.15) is 64.9 Å². The number of carbonyl (C=O) groups is 2. The van der Waals surface area contributed by atoms with Gasteiger partial charge in [-0.3, -0.25) is 19.7 Å². The molecule has 0 saturated heterocycles. The number of nitro groups is 1. The zero-order chi connectivity index (χ0) is 19.9. The van der Waals surface area contributed by atoms with Gasteiger partial charge in [-0.15, -0.1) is 0 Å². The molecule has 10 heteroatoms. The van der Waals surface area contributed by atoms with Gasteiger partial charge < -0.3 is 15.2 Å². The highest BCUT2D eigenvalue weighted by atomic mass is 16.6. The molecule has 1 aliphatic rings. The van der Waals surface area contributed by atoms with E-state index in [0.29, 0.717) is 11.4 Å². The Labute approximate surface area is 160 Å². The second-order valence-electron chi connectivity index (χ2n) is 6.61. The Bertz CT molecular complexity index is 842. The fourth-order valence-corrected chi connectivity index (χ4v) is 3.12. The molecule has 0 radical (unpaired) electrons. The molecule has 148 valence electrons. The van der Waals surface area contributed by atoms with Crippen LogP contribution in [-0.4, -0.2) is 40.0 Å². The lowest BCUT2D eigenvalue weighted by Gasteiger charge is -2.17. The largest absolute Gasteiger partial charge is 0.350 e. The van der Waals surface area contributed by atoms with Crippen LogP contribution in [0.25, 0.3) is 0 Å². The van der Waals surface area contributed by atoms with E-state index in [0.717, 1.165) is 25.7 Å². The second-order valence-corrected chi connectivity index (χ2v) is 6.61. The molecule has 1 saturated carbocycles. The zero-order valence-corrected chi connectivity index (χ0v) is 15.2. The summed E-state index contributed by atoms with van der Waals surface area (Å²) in [7, 11) is 0. The molecular formula is C18H21N5O5. The average molecular weight is 387 g/mol. The van der Waals surface area contributed by atoms with Gasteiger partial charge in [0.2, 0.25) is 0 Å². The lowest BCUT2D eigenvalue weighted by atomic mass is 9.89. The van der Waals surface area contributed by atoms with Crippen molar-refractivity contribution in [3.05, 3.63) is 51.7 Å². The highest BCUT2D eigenvalue weighted by Crippen LogP contribution is 2.30. The Morgan fingerprint density at radius 2 is 1.71 bits per heavy atom. The molecule has 1 aromatic carbocycles. The van der Waals surface area contributed by atoms with Crippen LogP contribution in [-0.2, 0) is 0 Å².